The van der Waals surface area contributed by atoms with Crippen LogP contribution in [0.15, 0.2) is 41.1 Å². The van der Waals surface area contributed by atoms with Crippen molar-refractivity contribution in [2.75, 3.05) is 6.54 Å². The highest BCUT2D eigenvalue weighted by atomic mass is 32.1. The highest BCUT2D eigenvalue weighted by Gasteiger charge is 2.24. The fourth-order valence-corrected chi connectivity index (χ4v) is 5.07. The summed E-state index contributed by atoms with van der Waals surface area (Å²) in [5, 5.41) is 16.3. The lowest BCUT2D eigenvalue weighted by atomic mass is 9.84. The van der Waals surface area contributed by atoms with Gasteiger partial charge in [0.1, 0.15) is 0 Å². The van der Waals surface area contributed by atoms with Gasteiger partial charge >= 0.3 is 0 Å². The predicted octanol–water partition coefficient (Wildman–Crippen LogP) is 4.71. The van der Waals surface area contributed by atoms with E-state index < -0.39 is 0 Å². The Morgan fingerprint density at radius 1 is 1.21 bits per heavy atom. The lowest BCUT2D eigenvalue weighted by Gasteiger charge is -2.30. The van der Waals surface area contributed by atoms with Crippen LogP contribution in [-0.4, -0.2) is 23.4 Å². The van der Waals surface area contributed by atoms with E-state index >= 15 is 0 Å². The second-order valence-electron chi connectivity index (χ2n) is 8.21. The first-order valence-electron chi connectivity index (χ1n) is 10.4. The van der Waals surface area contributed by atoms with Crippen molar-refractivity contribution in [1.82, 2.24) is 10.2 Å². The molecule has 0 saturated heterocycles. The van der Waals surface area contributed by atoms with Crippen LogP contribution in [-0.2, 0) is 17.9 Å². The molecule has 1 fully saturated rings. The largest absolute Gasteiger partial charge is 0.350 e. The van der Waals surface area contributed by atoms with Crippen LogP contribution in [0.4, 0.5) is 0 Å². The first-order chi connectivity index (χ1) is 14.2. The first-order valence-corrected chi connectivity index (χ1v) is 11.4. The highest BCUT2D eigenvalue weighted by Crippen LogP contribution is 2.29. The van der Waals surface area contributed by atoms with Crippen LogP contribution in [0.5, 0.6) is 0 Å². The van der Waals surface area contributed by atoms with E-state index in [0.717, 1.165) is 49.5 Å². The van der Waals surface area contributed by atoms with Crippen molar-refractivity contribution in [3.8, 4) is 6.07 Å². The van der Waals surface area contributed by atoms with Gasteiger partial charge < -0.3 is 5.32 Å². The molecule has 5 heteroatoms. The summed E-state index contributed by atoms with van der Waals surface area (Å²) in [4.78, 5) is 14.6. The molecule has 0 atom stereocenters. The summed E-state index contributed by atoms with van der Waals surface area (Å²) in [6.07, 6.45) is 9.29. The van der Waals surface area contributed by atoms with Crippen LogP contribution in [0.25, 0.3) is 6.08 Å². The molecule has 4 nitrogen and oxygen atoms in total. The molecule has 0 spiro atoms. The van der Waals surface area contributed by atoms with Gasteiger partial charge in [0.2, 0.25) is 5.91 Å². The lowest BCUT2D eigenvalue weighted by Crippen LogP contribution is -2.37. The van der Waals surface area contributed by atoms with Crippen molar-refractivity contribution in [3.63, 3.8) is 0 Å². The Bertz CT molecular complexity index is 905. The van der Waals surface area contributed by atoms with E-state index in [1.165, 1.54) is 30.4 Å². The summed E-state index contributed by atoms with van der Waals surface area (Å²) in [5.41, 5.74) is 4.52. The lowest BCUT2D eigenvalue weighted by molar-refractivity contribution is -0.117. The molecule has 1 N–H and O–H groups in total. The molecule has 1 aliphatic heterocycles. The summed E-state index contributed by atoms with van der Waals surface area (Å²) < 4.78 is 0. The number of rotatable bonds is 6. The number of nitrogens with one attached hydrogen (secondary N) is 1. The van der Waals surface area contributed by atoms with E-state index in [0.29, 0.717) is 6.04 Å². The average molecular weight is 406 g/mol. The molecule has 0 unspecified atom stereocenters. The Morgan fingerprint density at radius 2 is 2.03 bits per heavy atom. The second kappa shape index (κ2) is 9.39. The van der Waals surface area contributed by atoms with Crippen molar-refractivity contribution in [2.24, 2.45) is 5.92 Å². The van der Waals surface area contributed by atoms with Gasteiger partial charge in [-0.25, -0.2) is 0 Å². The molecule has 4 rings (SSSR count). The Labute approximate surface area is 176 Å². The number of hydrogen-bond donors (Lipinski definition) is 1. The van der Waals surface area contributed by atoms with Crippen molar-refractivity contribution in [2.45, 2.75) is 51.2 Å². The topological polar surface area (TPSA) is 56.1 Å². The molecular formula is C24H27N3OS. The number of hydrogen-bond acceptors (Lipinski definition) is 4. The van der Waals surface area contributed by atoms with Gasteiger partial charge in [0.05, 0.1) is 11.6 Å². The molecular weight excluding hydrogens is 378 g/mol. The summed E-state index contributed by atoms with van der Waals surface area (Å²) in [6.45, 7) is 3.08. The maximum atomic E-state index is 12.1. The second-order valence-corrected chi connectivity index (χ2v) is 8.99. The minimum absolute atomic E-state index is 0.0196. The van der Waals surface area contributed by atoms with Crippen molar-refractivity contribution >= 4 is 23.3 Å². The minimum atomic E-state index is 0.0196. The SMILES string of the molecule is N#Cc1ccc2c(c1)CN(CCC1CCC(NC(=O)/C=C/c3ccsc3)CC1)C2. The molecule has 1 aromatic carbocycles. The zero-order valence-corrected chi connectivity index (χ0v) is 17.5. The van der Waals surface area contributed by atoms with Gasteiger partial charge in [-0.05, 0) is 96.3 Å². The Balaban J connectivity index is 1.16. The molecule has 29 heavy (non-hydrogen) atoms. The number of benzene rings is 1. The Hall–Kier alpha value is -2.42. The molecule has 150 valence electrons. The molecule has 2 heterocycles. The molecule has 0 radical (unpaired) electrons. The Morgan fingerprint density at radius 3 is 2.79 bits per heavy atom. The quantitative estimate of drug-likeness (QED) is 0.708. The summed E-state index contributed by atoms with van der Waals surface area (Å²) in [5.74, 6) is 0.772. The Kier molecular flexibility index (Phi) is 6.43. The summed E-state index contributed by atoms with van der Waals surface area (Å²) in [7, 11) is 0. The number of thiophene rings is 1. The van der Waals surface area contributed by atoms with E-state index in [-0.39, 0.29) is 5.91 Å². The zero-order valence-electron chi connectivity index (χ0n) is 16.6. The monoisotopic (exact) mass is 405 g/mol. The smallest absolute Gasteiger partial charge is 0.244 e. The number of carbonyl (C=O) groups excluding carboxylic acids is 1. The maximum absolute atomic E-state index is 12.1. The number of amides is 1. The molecule has 1 saturated carbocycles. The van der Waals surface area contributed by atoms with Crippen molar-refractivity contribution < 1.29 is 4.79 Å². The molecule has 1 amide bonds. The van der Waals surface area contributed by atoms with E-state index in [2.05, 4.69) is 22.4 Å². The standard InChI is InChI=1S/C24H27N3OS/c25-14-20-1-5-21-15-27(16-22(21)13-20)11-9-18-2-6-23(7-3-18)26-24(28)8-4-19-10-12-29-17-19/h1,4-5,8,10,12-13,17-18,23H,2-3,6-7,9,11,15-16H2,(H,26,28)/b8-4+. The van der Waals surface area contributed by atoms with Crippen LogP contribution in [0.1, 0.15) is 54.4 Å². The molecule has 1 aliphatic carbocycles. The van der Waals surface area contributed by atoms with Crippen molar-refractivity contribution in [3.05, 3.63) is 63.4 Å². The van der Waals surface area contributed by atoms with Crippen LogP contribution in [0.3, 0.4) is 0 Å². The van der Waals surface area contributed by atoms with E-state index in [4.69, 9.17) is 5.26 Å². The molecule has 2 aliphatic rings. The van der Waals surface area contributed by atoms with Crippen LogP contribution in [0, 0.1) is 17.2 Å². The molecule has 2 aromatic rings. The zero-order chi connectivity index (χ0) is 20.1. The van der Waals surface area contributed by atoms with Crippen LogP contribution in [0.2, 0.25) is 0 Å². The fourth-order valence-electron chi connectivity index (χ4n) is 4.44. The number of carbonyl (C=O) groups is 1. The first kappa shape index (κ1) is 19.9. The van der Waals surface area contributed by atoms with Gasteiger partial charge in [-0.15, -0.1) is 0 Å². The predicted molar refractivity (Wildman–Crippen MR) is 117 cm³/mol. The van der Waals surface area contributed by atoms with E-state index in [9.17, 15) is 4.79 Å². The normalized spacial score (nSPS) is 21.8. The minimum Gasteiger partial charge on any atom is -0.350 e. The van der Waals surface area contributed by atoms with Gasteiger partial charge in [-0.1, -0.05) is 6.07 Å². The van der Waals surface area contributed by atoms with Crippen LogP contribution >= 0.6 is 11.3 Å². The van der Waals surface area contributed by atoms with Gasteiger partial charge in [0.25, 0.3) is 0 Å². The summed E-state index contributed by atoms with van der Waals surface area (Å²) in [6, 6.07) is 10.6. The molecule has 0 bridgehead atoms. The van der Waals surface area contributed by atoms with Gasteiger partial charge in [-0.3, -0.25) is 9.69 Å². The number of nitrogens with zero attached hydrogens (tertiary/aromatic N) is 2. The average Bonchev–Trinajstić information content (AvgIpc) is 3.40. The third kappa shape index (κ3) is 5.35. The summed E-state index contributed by atoms with van der Waals surface area (Å²) >= 11 is 1.64. The third-order valence-electron chi connectivity index (χ3n) is 6.14. The van der Waals surface area contributed by atoms with Gasteiger partial charge in [0.15, 0.2) is 0 Å². The fraction of sp³-hybridized carbons (Fsp3) is 0.417. The van der Waals surface area contributed by atoms with E-state index in [1.54, 1.807) is 17.4 Å². The van der Waals surface area contributed by atoms with Gasteiger partial charge in [-0.2, -0.15) is 16.6 Å². The van der Waals surface area contributed by atoms with E-state index in [1.807, 2.05) is 35.0 Å². The van der Waals surface area contributed by atoms with Crippen LogP contribution < -0.4 is 5.32 Å². The molecule has 1 aromatic heterocycles. The highest BCUT2D eigenvalue weighted by molar-refractivity contribution is 7.08. The van der Waals surface area contributed by atoms with Gasteiger partial charge in [0, 0.05) is 25.2 Å². The number of nitriles is 1. The van der Waals surface area contributed by atoms with Crippen molar-refractivity contribution in [1.29, 1.82) is 5.26 Å². The number of fused-ring (bicyclic) bond motifs is 1. The third-order valence-corrected chi connectivity index (χ3v) is 6.84. The maximum Gasteiger partial charge on any atom is 0.244 e.